The molecule has 132 valence electrons. The quantitative estimate of drug-likeness (QED) is 0.871. The van der Waals surface area contributed by atoms with E-state index in [0.29, 0.717) is 0 Å². The number of rotatable bonds is 3. The third kappa shape index (κ3) is 4.15. The Morgan fingerprint density at radius 3 is 2.52 bits per heavy atom. The first-order valence-corrected chi connectivity index (χ1v) is 8.45. The van der Waals surface area contributed by atoms with E-state index in [1.807, 2.05) is 0 Å². The SMILES string of the molecule is Cc1onc(N)c1S(=O)(=O)N1CCN(CC(F)(F)F)CC(C)C1. The van der Waals surface area contributed by atoms with Crippen LogP contribution >= 0.6 is 0 Å². The lowest BCUT2D eigenvalue weighted by molar-refractivity contribution is -0.146. The summed E-state index contributed by atoms with van der Waals surface area (Å²) in [5.74, 6) is -0.436. The van der Waals surface area contributed by atoms with Gasteiger partial charge in [0.05, 0.1) is 6.54 Å². The van der Waals surface area contributed by atoms with E-state index in [0.717, 1.165) is 4.31 Å². The monoisotopic (exact) mass is 356 g/mol. The predicted molar refractivity (Wildman–Crippen MR) is 76.1 cm³/mol. The summed E-state index contributed by atoms with van der Waals surface area (Å²) in [6, 6.07) is 0. The average Bonchev–Trinajstić information content (AvgIpc) is 2.60. The van der Waals surface area contributed by atoms with E-state index in [1.165, 1.54) is 11.8 Å². The normalized spacial score (nSPS) is 22.2. The highest BCUT2D eigenvalue weighted by atomic mass is 32.2. The van der Waals surface area contributed by atoms with Gasteiger partial charge < -0.3 is 10.3 Å². The maximum absolute atomic E-state index is 12.7. The number of hydrogen-bond donors (Lipinski definition) is 1. The summed E-state index contributed by atoms with van der Waals surface area (Å²) < 4.78 is 68.9. The Morgan fingerprint density at radius 2 is 2.00 bits per heavy atom. The topological polar surface area (TPSA) is 92.7 Å². The van der Waals surface area contributed by atoms with Gasteiger partial charge in [-0.15, -0.1) is 0 Å². The zero-order chi connectivity index (χ0) is 17.4. The van der Waals surface area contributed by atoms with Gasteiger partial charge in [0.2, 0.25) is 10.0 Å². The standard InChI is InChI=1S/C12H19F3N4O3S/c1-8-5-18(7-12(13,14)15)3-4-19(6-8)23(20,21)10-9(2)22-17-11(10)16/h8H,3-7H2,1-2H3,(H2,16,17). The Balaban J connectivity index is 2.21. The third-order valence-electron chi connectivity index (χ3n) is 3.58. The number of aromatic nitrogens is 1. The van der Waals surface area contributed by atoms with E-state index in [4.69, 9.17) is 10.3 Å². The maximum atomic E-state index is 12.7. The van der Waals surface area contributed by atoms with Crippen LogP contribution in [0, 0.1) is 12.8 Å². The fourth-order valence-corrected chi connectivity index (χ4v) is 4.45. The molecule has 0 saturated carbocycles. The van der Waals surface area contributed by atoms with Crippen molar-refractivity contribution in [3.63, 3.8) is 0 Å². The molecule has 1 atom stereocenters. The summed E-state index contributed by atoms with van der Waals surface area (Å²) >= 11 is 0. The molecular weight excluding hydrogens is 337 g/mol. The second-order valence-corrected chi connectivity index (χ2v) is 7.65. The van der Waals surface area contributed by atoms with Gasteiger partial charge in [-0.2, -0.15) is 17.5 Å². The summed E-state index contributed by atoms with van der Waals surface area (Å²) in [6.45, 7) is 2.30. The van der Waals surface area contributed by atoms with Crippen molar-refractivity contribution in [3.8, 4) is 0 Å². The number of hydrogen-bond acceptors (Lipinski definition) is 6. The molecule has 11 heteroatoms. The van der Waals surface area contributed by atoms with Crippen molar-refractivity contribution < 1.29 is 26.1 Å². The van der Waals surface area contributed by atoms with Gasteiger partial charge in [0.1, 0.15) is 0 Å². The molecule has 0 aromatic carbocycles. The molecule has 1 aliphatic heterocycles. The lowest BCUT2D eigenvalue weighted by Gasteiger charge is -2.22. The molecule has 1 aliphatic rings. The number of halogens is 3. The molecule has 7 nitrogen and oxygen atoms in total. The summed E-state index contributed by atoms with van der Waals surface area (Å²) in [5, 5.41) is 3.42. The number of sulfonamides is 1. The van der Waals surface area contributed by atoms with Crippen LogP contribution in [0.2, 0.25) is 0 Å². The van der Waals surface area contributed by atoms with E-state index in [2.05, 4.69) is 5.16 Å². The van der Waals surface area contributed by atoms with Crippen LogP contribution in [0.1, 0.15) is 12.7 Å². The van der Waals surface area contributed by atoms with Crippen LogP contribution in [0.4, 0.5) is 19.0 Å². The molecule has 2 rings (SSSR count). The van der Waals surface area contributed by atoms with Crippen molar-refractivity contribution in [1.82, 2.24) is 14.4 Å². The number of aryl methyl sites for hydroxylation is 1. The molecule has 0 spiro atoms. The third-order valence-corrected chi connectivity index (χ3v) is 5.61. The van der Waals surface area contributed by atoms with Crippen LogP contribution in [-0.2, 0) is 10.0 Å². The molecule has 1 aromatic rings. The fraction of sp³-hybridized carbons (Fsp3) is 0.750. The first kappa shape index (κ1) is 18.0. The minimum atomic E-state index is -4.32. The minimum absolute atomic E-state index is 0.00663. The van der Waals surface area contributed by atoms with E-state index in [1.54, 1.807) is 6.92 Å². The molecule has 2 N–H and O–H groups in total. The number of nitrogens with zero attached hydrogens (tertiary/aromatic N) is 3. The van der Waals surface area contributed by atoms with Crippen molar-refractivity contribution in [3.05, 3.63) is 5.76 Å². The Kier molecular flexibility index (Phi) is 4.92. The molecule has 1 saturated heterocycles. The first-order chi connectivity index (χ1) is 10.5. The highest BCUT2D eigenvalue weighted by Gasteiger charge is 2.37. The van der Waals surface area contributed by atoms with Gasteiger partial charge in [0.15, 0.2) is 16.5 Å². The van der Waals surface area contributed by atoms with Crippen molar-refractivity contribution >= 4 is 15.8 Å². The first-order valence-electron chi connectivity index (χ1n) is 7.01. The van der Waals surface area contributed by atoms with Crippen LogP contribution < -0.4 is 5.73 Å². The molecule has 0 bridgehead atoms. The molecular formula is C12H19F3N4O3S. The molecule has 0 radical (unpaired) electrons. The van der Waals surface area contributed by atoms with Gasteiger partial charge in [-0.3, -0.25) is 4.90 Å². The molecule has 1 aromatic heterocycles. The fourth-order valence-electron chi connectivity index (χ4n) is 2.72. The number of nitrogens with two attached hydrogens (primary N) is 1. The van der Waals surface area contributed by atoms with Gasteiger partial charge in [-0.25, -0.2) is 8.42 Å². The number of nitrogen functional groups attached to an aromatic ring is 1. The van der Waals surface area contributed by atoms with Crippen molar-refractivity contribution in [2.24, 2.45) is 5.92 Å². The maximum Gasteiger partial charge on any atom is 0.401 e. The number of anilines is 1. The molecule has 0 amide bonds. The van der Waals surface area contributed by atoms with Gasteiger partial charge in [-0.05, 0) is 12.8 Å². The van der Waals surface area contributed by atoms with Crippen molar-refractivity contribution in [2.75, 3.05) is 38.5 Å². The summed E-state index contributed by atoms with van der Waals surface area (Å²) in [6.07, 6.45) is -4.32. The van der Waals surface area contributed by atoms with Crippen LogP contribution in [-0.4, -0.2) is 61.7 Å². The molecule has 1 unspecified atom stereocenters. The van der Waals surface area contributed by atoms with Crippen LogP contribution in [0.3, 0.4) is 0 Å². The summed E-state index contributed by atoms with van der Waals surface area (Å²) in [4.78, 5) is 0.998. The molecule has 2 heterocycles. The predicted octanol–water partition coefficient (Wildman–Crippen LogP) is 1.07. The van der Waals surface area contributed by atoms with Gasteiger partial charge >= 0.3 is 6.18 Å². The van der Waals surface area contributed by atoms with Gasteiger partial charge in [0, 0.05) is 26.2 Å². The van der Waals surface area contributed by atoms with Crippen molar-refractivity contribution in [1.29, 1.82) is 0 Å². The van der Waals surface area contributed by atoms with E-state index >= 15 is 0 Å². The highest BCUT2D eigenvalue weighted by molar-refractivity contribution is 7.89. The molecule has 0 aliphatic carbocycles. The minimum Gasteiger partial charge on any atom is -0.380 e. The lowest BCUT2D eigenvalue weighted by Crippen LogP contribution is -2.38. The van der Waals surface area contributed by atoms with E-state index in [9.17, 15) is 21.6 Å². The second-order valence-electron chi connectivity index (χ2n) is 5.77. The Morgan fingerprint density at radius 1 is 1.35 bits per heavy atom. The van der Waals surface area contributed by atoms with Crippen LogP contribution in [0.5, 0.6) is 0 Å². The lowest BCUT2D eigenvalue weighted by atomic mass is 10.2. The molecule has 1 fully saturated rings. The van der Waals surface area contributed by atoms with E-state index < -0.39 is 22.7 Å². The summed E-state index contributed by atoms with van der Waals surface area (Å²) in [5.41, 5.74) is 5.55. The Bertz CT molecular complexity index is 639. The number of alkyl halides is 3. The van der Waals surface area contributed by atoms with Crippen LogP contribution in [0.15, 0.2) is 9.42 Å². The smallest absolute Gasteiger partial charge is 0.380 e. The largest absolute Gasteiger partial charge is 0.401 e. The van der Waals surface area contributed by atoms with E-state index in [-0.39, 0.29) is 48.6 Å². The van der Waals surface area contributed by atoms with Gasteiger partial charge in [0.25, 0.3) is 0 Å². The van der Waals surface area contributed by atoms with Gasteiger partial charge in [-0.1, -0.05) is 12.1 Å². The Labute approximate surface area is 132 Å². The molecule has 23 heavy (non-hydrogen) atoms. The zero-order valence-electron chi connectivity index (χ0n) is 12.8. The van der Waals surface area contributed by atoms with Crippen LogP contribution in [0.25, 0.3) is 0 Å². The second kappa shape index (κ2) is 6.29. The van der Waals surface area contributed by atoms with Crippen molar-refractivity contribution in [2.45, 2.75) is 24.9 Å². The summed E-state index contributed by atoms with van der Waals surface area (Å²) in [7, 11) is -3.96. The average molecular weight is 356 g/mol. The highest BCUT2D eigenvalue weighted by Crippen LogP contribution is 2.27. The Hall–Kier alpha value is -1.33. The zero-order valence-corrected chi connectivity index (χ0v) is 13.6.